The quantitative estimate of drug-likeness (QED) is 0.418. The molecule has 0 bridgehead atoms. The summed E-state index contributed by atoms with van der Waals surface area (Å²) in [4.78, 5) is 33.2. The van der Waals surface area contributed by atoms with Crippen LogP contribution >= 0.6 is 11.6 Å². The number of nitrogens with zero attached hydrogens (tertiary/aromatic N) is 3. The molecule has 2 aromatic carbocycles. The van der Waals surface area contributed by atoms with Crippen LogP contribution in [0.2, 0.25) is 5.02 Å². The van der Waals surface area contributed by atoms with Gasteiger partial charge in [-0.2, -0.15) is 0 Å². The maximum atomic E-state index is 13.3. The van der Waals surface area contributed by atoms with E-state index in [4.69, 9.17) is 16.3 Å². The molecule has 6 nitrogen and oxygen atoms in total. The predicted molar refractivity (Wildman–Crippen MR) is 119 cm³/mol. The first kappa shape index (κ1) is 20.9. The maximum Gasteiger partial charge on any atom is 0.331 e. The Balaban J connectivity index is 1.52. The van der Waals surface area contributed by atoms with Crippen molar-refractivity contribution in [3.05, 3.63) is 89.2 Å². The number of hydrogen-bond donors (Lipinski definition) is 0. The Labute approximate surface area is 186 Å². The number of rotatable bonds is 7. The molecule has 1 aliphatic rings. The third-order valence-electron chi connectivity index (χ3n) is 5.06. The Morgan fingerprint density at radius 1 is 1.10 bits per heavy atom. The van der Waals surface area contributed by atoms with Gasteiger partial charge in [0.15, 0.2) is 5.75 Å². The van der Waals surface area contributed by atoms with Crippen LogP contribution in [0.3, 0.4) is 0 Å². The molecule has 0 aliphatic carbocycles. The zero-order chi connectivity index (χ0) is 21.6. The van der Waals surface area contributed by atoms with Gasteiger partial charge in [0.2, 0.25) is 5.91 Å². The molecule has 3 aromatic rings. The van der Waals surface area contributed by atoms with E-state index in [2.05, 4.69) is 4.98 Å². The maximum absolute atomic E-state index is 13.3. The lowest BCUT2D eigenvalue weighted by atomic mass is 10.2. The second-order valence-corrected chi connectivity index (χ2v) is 7.75. The van der Waals surface area contributed by atoms with E-state index in [1.54, 1.807) is 34.2 Å². The summed E-state index contributed by atoms with van der Waals surface area (Å²) >= 11 is 6.13. The van der Waals surface area contributed by atoms with Gasteiger partial charge in [0, 0.05) is 36.4 Å². The number of anilines is 1. The number of halogens is 1. The standard InChI is InChI=1S/C24H22ClN3O3/c25-19-9-10-22-21(14-19)28(17-24(30)31-22)16-23(29)27(15-18-6-2-1-3-7-18)13-11-20-8-4-5-12-26-20/h1-10,12,14H,11,13,15-17H2. The second kappa shape index (κ2) is 9.62. The Bertz CT molecular complexity index is 1060. The lowest BCUT2D eigenvalue weighted by molar-refractivity contribution is -0.133. The van der Waals surface area contributed by atoms with Crippen LogP contribution in [0.25, 0.3) is 0 Å². The van der Waals surface area contributed by atoms with Crippen LogP contribution < -0.4 is 9.64 Å². The van der Waals surface area contributed by atoms with Crippen LogP contribution in [0.15, 0.2) is 72.9 Å². The van der Waals surface area contributed by atoms with Crippen LogP contribution in [-0.4, -0.2) is 41.4 Å². The number of hydrogen-bond acceptors (Lipinski definition) is 5. The molecular weight excluding hydrogens is 414 g/mol. The van der Waals surface area contributed by atoms with Crippen molar-refractivity contribution in [2.75, 3.05) is 24.5 Å². The molecule has 0 atom stereocenters. The molecule has 1 aliphatic heterocycles. The highest BCUT2D eigenvalue weighted by atomic mass is 35.5. The van der Waals surface area contributed by atoms with Gasteiger partial charge in [-0.3, -0.25) is 9.78 Å². The van der Waals surface area contributed by atoms with Crippen molar-refractivity contribution in [3.8, 4) is 5.75 Å². The predicted octanol–water partition coefficient (Wildman–Crippen LogP) is 3.73. The van der Waals surface area contributed by atoms with E-state index in [0.29, 0.717) is 36.0 Å². The summed E-state index contributed by atoms with van der Waals surface area (Å²) in [6, 6.07) is 20.6. The molecule has 0 fully saturated rings. The second-order valence-electron chi connectivity index (χ2n) is 7.31. The van der Waals surface area contributed by atoms with Gasteiger partial charge in [-0.1, -0.05) is 48.0 Å². The molecule has 4 rings (SSSR count). The summed E-state index contributed by atoms with van der Waals surface area (Å²) in [5.74, 6) is -0.0670. The van der Waals surface area contributed by atoms with Crippen LogP contribution in [0.1, 0.15) is 11.3 Å². The van der Waals surface area contributed by atoms with Crippen molar-refractivity contribution in [2.24, 2.45) is 0 Å². The molecule has 0 radical (unpaired) electrons. The van der Waals surface area contributed by atoms with Gasteiger partial charge in [-0.05, 0) is 35.9 Å². The Morgan fingerprint density at radius 2 is 1.90 bits per heavy atom. The molecule has 1 amide bonds. The fraction of sp³-hybridized carbons (Fsp3) is 0.208. The molecule has 0 N–H and O–H groups in total. The highest BCUT2D eigenvalue weighted by Gasteiger charge is 2.27. The third kappa shape index (κ3) is 5.41. The summed E-state index contributed by atoms with van der Waals surface area (Å²) in [6.07, 6.45) is 2.39. The van der Waals surface area contributed by atoms with Crippen LogP contribution in [0.5, 0.6) is 5.75 Å². The number of pyridine rings is 1. The first-order chi connectivity index (χ1) is 15.1. The number of carbonyl (C=O) groups excluding carboxylic acids is 2. The number of benzene rings is 2. The van der Waals surface area contributed by atoms with Gasteiger partial charge in [0.25, 0.3) is 0 Å². The van der Waals surface area contributed by atoms with E-state index in [9.17, 15) is 9.59 Å². The topological polar surface area (TPSA) is 62.7 Å². The van der Waals surface area contributed by atoms with Crippen LogP contribution in [0.4, 0.5) is 5.69 Å². The number of esters is 1. The Morgan fingerprint density at radius 3 is 2.68 bits per heavy atom. The first-order valence-electron chi connectivity index (χ1n) is 10.1. The fourth-order valence-corrected chi connectivity index (χ4v) is 3.68. The molecular formula is C24H22ClN3O3. The molecule has 0 saturated heterocycles. The number of fused-ring (bicyclic) bond motifs is 1. The van der Waals surface area contributed by atoms with E-state index in [0.717, 1.165) is 11.3 Å². The van der Waals surface area contributed by atoms with E-state index in [-0.39, 0.29) is 19.0 Å². The zero-order valence-electron chi connectivity index (χ0n) is 16.9. The van der Waals surface area contributed by atoms with E-state index >= 15 is 0 Å². The van der Waals surface area contributed by atoms with Gasteiger partial charge in [-0.25, -0.2) is 4.79 Å². The van der Waals surface area contributed by atoms with Gasteiger partial charge in [-0.15, -0.1) is 0 Å². The lowest BCUT2D eigenvalue weighted by Crippen LogP contribution is -2.45. The molecule has 0 spiro atoms. The van der Waals surface area contributed by atoms with Gasteiger partial charge >= 0.3 is 5.97 Å². The average Bonchev–Trinajstić information content (AvgIpc) is 2.78. The normalized spacial score (nSPS) is 12.8. The van der Waals surface area contributed by atoms with Crippen molar-refractivity contribution in [3.63, 3.8) is 0 Å². The van der Waals surface area contributed by atoms with E-state index in [1.807, 2.05) is 48.5 Å². The van der Waals surface area contributed by atoms with Crippen molar-refractivity contribution < 1.29 is 14.3 Å². The minimum absolute atomic E-state index is 0.00149. The molecule has 7 heteroatoms. The number of carbonyl (C=O) groups is 2. The highest BCUT2D eigenvalue weighted by Crippen LogP contribution is 2.34. The van der Waals surface area contributed by atoms with Gasteiger partial charge < -0.3 is 14.5 Å². The van der Waals surface area contributed by atoms with Crippen LogP contribution in [0, 0.1) is 0 Å². The number of ether oxygens (including phenoxy) is 1. The van der Waals surface area contributed by atoms with Crippen molar-refractivity contribution in [1.82, 2.24) is 9.88 Å². The SMILES string of the molecule is O=C1CN(CC(=O)N(CCc2ccccn2)Cc2ccccc2)c2cc(Cl)ccc2O1. The smallest absolute Gasteiger partial charge is 0.331 e. The molecule has 158 valence electrons. The molecule has 1 aromatic heterocycles. The molecule has 0 saturated carbocycles. The first-order valence-corrected chi connectivity index (χ1v) is 10.4. The number of amides is 1. The van der Waals surface area contributed by atoms with Crippen molar-refractivity contribution >= 4 is 29.2 Å². The van der Waals surface area contributed by atoms with Crippen LogP contribution in [-0.2, 0) is 22.6 Å². The van der Waals surface area contributed by atoms with Gasteiger partial charge in [0.1, 0.15) is 6.54 Å². The van der Waals surface area contributed by atoms with E-state index < -0.39 is 5.97 Å². The summed E-state index contributed by atoms with van der Waals surface area (Å²) in [6.45, 7) is 1.05. The number of aromatic nitrogens is 1. The Hall–Kier alpha value is -3.38. The van der Waals surface area contributed by atoms with Crippen molar-refractivity contribution in [1.29, 1.82) is 0 Å². The fourth-order valence-electron chi connectivity index (χ4n) is 3.52. The zero-order valence-corrected chi connectivity index (χ0v) is 17.7. The Kier molecular flexibility index (Phi) is 6.48. The summed E-state index contributed by atoms with van der Waals surface area (Å²) in [7, 11) is 0. The molecule has 31 heavy (non-hydrogen) atoms. The van der Waals surface area contributed by atoms with Crippen molar-refractivity contribution in [2.45, 2.75) is 13.0 Å². The third-order valence-corrected chi connectivity index (χ3v) is 5.30. The highest BCUT2D eigenvalue weighted by molar-refractivity contribution is 6.31. The van der Waals surface area contributed by atoms with Gasteiger partial charge in [0.05, 0.1) is 12.2 Å². The largest absolute Gasteiger partial charge is 0.423 e. The minimum Gasteiger partial charge on any atom is -0.423 e. The molecule has 0 unspecified atom stereocenters. The summed E-state index contributed by atoms with van der Waals surface area (Å²) < 4.78 is 5.29. The average molecular weight is 436 g/mol. The summed E-state index contributed by atoms with van der Waals surface area (Å²) in [5, 5.41) is 0.519. The lowest BCUT2D eigenvalue weighted by Gasteiger charge is -2.32. The minimum atomic E-state index is -0.397. The van der Waals surface area contributed by atoms with E-state index in [1.165, 1.54) is 0 Å². The summed E-state index contributed by atoms with van der Waals surface area (Å²) in [5.41, 5.74) is 2.61. The molecule has 2 heterocycles. The monoisotopic (exact) mass is 435 g/mol.